The third-order valence-electron chi connectivity index (χ3n) is 2.78. The minimum Gasteiger partial charge on any atom is -0.491 e. The van der Waals surface area contributed by atoms with E-state index in [0.29, 0.717) is 0 Å². The van der Waals surface area contributed by atoms with Gasteiger partial charge in [-0.1, -0.05) is 12.1 Å². The number of aliphatic hydroxyl groups is 1. The summed E-state index contributed by atoms with van der Waals surface area (Å²) >= 11 is 0. The summed E-state index contributed by atoms with van der Waals surface area (Å²) in [6, 6.07) is 6.05. The fourth-order valence-electron chi connectivity index (χ4n) is 2.17. The number of hydrogen-bond acceptors (Lipinski definition) is 2. The van der Waals surface area contributed by atoms with E-state index in [9.17, 15) is 5.11 Å². The summed E-state index contributed by atoms with van der Waals surface area (Å²) in [6.07, 6.45) is 2.79. The van der Waals surface area contributed by atoms with Gasteiger partial charge in [-0.15, -0.1) is 0 Å². The van der Waals surface area contributed by atoms with Crippen molar-refractivity contribution in [2.75, 3.05) is 0 Å². The lowest BCUT2D eigenvalue weighted by molar-refractivity contribution is 0.146. The molecule has 1 aromatic rings. The Morgan fingerprint density at radius 2 is 2.20 bits per heavy atom. The van der Waals surface area contributed by atoms with Gasteiger partial charge in [0.1, 0.15) is 5.75 Å². The number of benzene rings is 1. The van der Waals surface area contributed by atoms with Crippen LogP contribution in [0, 0.1) is 0 Å². The Morgan fingerprint density at radius 1 is 1.40 bits per heavy atom. The van der Waals surface area contributed by atoms with Crippen LogP contribution in [-0.2, 0) is 6.42 Å². The second kappa shape index (κ2) is 4.23. The van der Waals surface area contributed by atoms with E-state index in [0.717, 1.165) is 30.6 Å². The van der Waals surface area contributed by atoms with Crippen LogP contribution in [0.1, 0.15) is 43.9 Å². The van der Waals surface area contributed by atoms with Crippen molar-refractivity contribution in [2.24, 2.45) is 0 Å². The standard InChI is InChI=1S/C13H18O2/c1-9(2)15-12-8-4-6-10-5-3-7-11(14)13(10)12/h4,6,8-9,11,14H,3,5,7H2,1-2H3. The zero-order valence-corrected chi connectivity index (χ0v) is 9.36. The Morgan fingerprint density at radius 3 is 2.93 bits per heavy atom. The maximum Gasteiger partial charge on any atom is 0.125 e. The Kier molecular flexibility index (Phi) is 2.96. The molecule has 1 N–H and O–H groups in total. The Labute approximate surface area is 90.9 Å². The highest BCUT2D eigenvalue weighted by molar-refractivity contribution is 5.43. The average molecular weight is 206 g/mol. The third kappa shape index (κ3) is 2.15. The zero-order valence-electron chi connectivity index (χ0n) is 9.36. The predicted molar refractivity (Wildman–Crippen MR) is 60.1 cm³/mol. The van der Waals surface area contributed by atoms with Gasteiger partial charge in [-0.25, -0.2) is 0 Å². The predicted octanol–water partition coefficient (Wildman–Crippen LogP) is 2.84. The Bertz CT molecular complexity index is 344. The van der Waals surface area contributed by atoms with E-state index in [1.165, 1.54) is 5.56 Å². The van der Waals surface area contributed by atoms with Gasteiger partial charge in [-0.05, 0) is 44.7 Å². The first-order valence-electron chi connectivity index (χ1n) is 5.65. The SMILES string of the molecule is CC(C)Oc1cccc2c1C(O)CCC2. The molecule has 1 aliphatic rings. The van der Waals surface area contributed by atoms with E-state index in [1.807, 2.05) is 26.0 Å². The molecule has 15 heavy (non-hydrogen) atoms. The molecule has 0 radical (unpaired) electrons. The third-order valence-corrected chi connectivity index (χ3v) is 2.78. The lowest BCUT2D eigenvalue weighted by atomic mass is 9.89. The highest BCUT2D eigenvalue weighted by Gasteiger charge is 2.22. The van der Waals surface area contributed by atoms with Gasteiger partial charge in [0.05, 0.1) is 12.2 Å². The second-order valence-electron chi connectivity index (χ2n) is 4.40. The van der Waals surface area contributed by atoms with Gasteiger partial charge in [0, 0.05) is 5.56 Å². The van der Waals surface area contributed by atoms with Gasteiger partial charge in [-0.3, -0.25) is 0 Å². The van der Waals surface area contributed by atoms with Gasteiger partial charge in [-0.2, -0.15) is 0 Å². The van der Waals surface area contributed by atoms with Crippen molar-refractivity contribution >= 4 is 0 Å². The van der Waals surface area contributed by atoms with Crippen molar-refractivity contribution < 1.29 is 9.84 Å². The number of aliphatic hydroxyl groups excluding tert-OH is 1. The van der Waals surface area contributed by atoms with Crippen molar-refractivity contribution in [1.82, 2.24) is 0 Å². The highest BCUT2D eigenvalue weighted by Crippen LogP contribution is 2.36. The summed E-state index contributed by atoms with van der Waals surface area (Å²) in [4.78, 5) is 0. The first-order chi connectivity index (χ1) is 7.18. The minimum absolute atomic E-state index is 0.158. The molecule has 1 unspecified atom stereocenters. The number of hydrogen-bond donors (Lipinski definition) is 1. The quantitative estimate of drug-likeness (QED) is 0.806. The largest absolute Gasteiger partial charge is 0.491 e. The Hall–Kier alpha value is -1.02. The Balaban J connectivity index is 2.38. The van der Waals surface area contributed by atoms with Crippen LogP contribution in [0.3, 0.4) is 0 Å². The summed E-state index contributed by atoms with van der Waals surface area (Å²) in [5.74, 6) is 0.856. The molecule has 0 aromatic heterocycles. The summed E-state index contributed by atoms with van der Waals surface area (Å²) < 4.78 is 5.72. The van der Waals surface area contributed by atoms with Crippen LogP contribution in [0.5, 0.6) is 5.75 Å². The van der Waals surface area contributed by atoms with E-state index in [4.69, 9.17) is 4.74 Å². The highest BCUT2D eigenvalue weighted by atomic mass is 16.5. The molecule has 2 heteroatoms. The van der Waals surface area contributed by atoms with Crippen LogP contribution in [0.2, 0.25) is 0 Å². The van der Waals surface area contributed by atoms with E-state index >= 15 is 0 Å². The zero-order chi connectivity index (χ0) is 10.8. The molecule has 0 bridgehead atoms. The van der Waals surface area contributed by atoms with Crippen LogP contribution in [0.4, 0.5) is 0 Å². The molecule has 82 valence electrons. The molecule has 2 rings (SSSR count). The van der Waals surface area contributed by atoms with Gasteiger partial charge in [0.15, 0.2) is 0 Å². The van der Waals surface area contributed by atoms with Crippen molar-refractivity contribution in [1.29, 1.82) is 0 Å². The number of rotatable bonds is 2. The minimum atomic E-state index is -0.344. The van der Waals surface area contributed by atoms with Crippen molar-refractivity contribution in [2.45, 2.75) is 45.3 Å². The van der Waals surface area contributed by atoms with E-state index in [1.54, 1.807) is 0 Å². The summed E-state index contributed by atoms with van der Waals surface area (Å²) in [7, 11) is 0. The molecular weight excluding hydrogens is 188 g/mol. The molecule has 1 aliphatic carbocycles. The summed E-state index contributed by atoms with van der Waals surface area (Å²) in [5.41, 5.74) is 2.25. The lowest BCUT2D eigenvalue weighted by Gasteiger charge is -2.25. The molecule has 0 spiro atoms. The molecule has 2 nitrogen and oxygen atoms in total. The molecular formula is C13H18O2. The second-order valence-corrected chi connectivity index (χ2v) is 4.40. The van der Waals surface area contributed by atoms with Gasteiger partial charge in [0.2, 0.25) is 0 Å². The molecule has 0 aliphatic heterocycles. The van der Waals surface area contributed by atoms with Crippen LogP contribution in [0.15, 0.2) is 18.2 Å². The van der Waals surface area contributed by atoms with Gasteiger partial charge < -0.3 is 9.84 Å². The monoisotopic (exact) mass is 206 g/mol. The first-order valence-corrected chi connectivity index (χ1v) is 5.65. The maximum absolute atomic E-state index is 9.98. The van der Waals surface area contributed by atoms with Crippen molar-refractivity contribution in [3.05, 3.63) is 29.3 Å². The normalized spacial score (nSPS) is 20.1. The van der Waals surface area contributed by atoms with Crippen LogP contribution in [0.25, 0.3) is 0 Å². The molecule has 0 saturated carbocycles. The van der Waals surface area contributed by atoms with E-state index < -0.39 is 0 Å². The number of aryl methyl sites for hydroxylation is 1. The lowest BCUT2D eigenvalue weighted by Crippen LogP contribution is -2.14. The average Bonchev–Trinajstić information content (AvgIpc) is 2.17. The molecule has 1 atom stereocenters. The van der Waals surface area contributed by atoms with Gasteiger partial charge >= 0.3 is 0 Å². The number of ether oxygens (including phenoxy) is 1. The van der Waals surface area contributed by atoms with Gasteiger partial charge in [0.25, 0.3) is 0 Å². The van der Waals surface area contributed by atoms with Crippen molar-refractivity contribution in [3.63, 3.8) is 0 Å². The maximum atomic E-state index is 9.98. The molecule has 0 heterocycles. The fraction of sp³-hybridized carbons (Fsp3) is 0.538. The van der Waals surface area contributed by atoms with Crippen molar-refractivity contribution in [3.8, 4) is 5.75 Å². The fourth-order valence-corrected chi connectivity index (χ4v) is 2.17. The van der Waals surface area contributed by atoms with Crippen LogP contribution in [-0.4, -0.2) is 11.2 Å². The number of fused-ring (bicyclic) bond motifs is 1. The summed E-state index contributed by atoms with van der Waals surface area (Å²) in [6.45, 7) is 4.02. The molecule has 0 amide bonds. The van der Waals surface area contributed by atoms with Crippen LogP contribution >= 0.6 is 0 Å². The molecule has 1 aromatic carbocycles. The first kappa shape index (κ1) is 10.5. The molecule has 0 saturated heterocycles. The van der Waals surface area contributed by atoms with Crippen LogP contribution < -0.4 is 4.74 Å². The molecule has 0 fully saturated rings. The van der Waals surface area contributed by atoms with E-state index in [2.05, 4.69) is 6.07 Å². The van der Waals surface area contributed by atoms with E-state index in [-0.39, 0.29) is 12.2 Å². The topological polar surface area (TPSA) is 29.5 Å². The summed E-state index contributed by atoms with van der Waals surface area (Å²) in [5, 5.41) is 9.98. The smallest absolute Gasteiger partial charge is 0.125 e.